The molecule has 2 aromatic rings. The van der Waals surface area contributed by atoms with Crippen LogP contribution in [0.15, 0.2) is 28.7 Å². The van der Waals surface area contributed by atoms with Crippen LogP contribution in [-0.2, 0) is 4.74 Å². The van der Waals surface area contributed by atoms with Crippen molar-refractivity contribution in [3.05, 3.63) is 35.8 Å². The lowest BCUT2D eigenvalue weighted by molar-refractivity contribution is -0.0419. The molecule has 0 saturated carbocycles. The molecule has 2 rings (SSSR count). The number of fused-ring (bicyclic) bond motifs is 1. The number of rotatable bonds is 5. The first-order valence-electron chi connectivity index (χ1n) is 6.48. The van der Waals surface area contributed by atoms with Crippen molar-refractivity contribution >= 4 is 11.0 Å². The summed E-state index contributed by atoms with van der Waals surface area (Å²) in [6, 6.07) is 6.64. The maximum absolute atomic E-state index is 13.7. The van der Waals surface area contributed by atoms with Crippen molar-refractivity contribution in [1.82, 2.24) is 5.32 Å². The number of nitrogens with one attached hydrogen (secondary N) is 1. The summed E-state index contributed by atoms with van der Waals surface area (Å²) >= 11 is 0. The Morgan fingerprint density at radius 1 is 1.42 bits per heavy atom. The van der Waals surface area contributed by atoms with Gasteiger partial charge in [0.15, 0.2) is 11.4 Å². The fourth-order valence-corrected chi connectivity index (χ4v) is 2.48. The maximum atomic E-state index is 13.7. The van der Waals surface area contributed by atoms with Crippen LogP contribution in [0, 0.1) is 5.82 Å². The van der Waals surface area contributed by atoms with Gasteiger partial charge >= 0.3 is 0 Å². The van der Waals surface area contributed by atoms with Crippen LogP contribution in [-0.4, -0.2) is 19.3 Å². The predicted molar refractivity (Wildman–Crippen MR) is 73.7 cm³/mol. The quantitative estimate of drug-likeness (QED) is 0.896. The van der Waals surface area contributed by atoms with Crippen molar-refractivity contribution in [2.45, 2.75) is 32.4 Å². The Morgan fingerprint density at radius 2 is 2.16 bits per heavy atom. The number of hydrogen-bond acceptors (Lipinski definition) is 3. The molecule has 1 N–H and O–H groups in total. The average molecular weight is 265 g/mol. The van der Waals surface area contributed by atoms with Crippen molar-refractivity contribution in [3.63, 3.8) is 0 Å². The summed E-state index contributed by atoms with van der Waals surface area (Å²) in [6.45, 7) is 6.54. The second-order valence-electron chi connectivity index (χ2n) is 5.07. The first-order chi connectivity index (χ1) is 8.99. The molecule has 0 radical (unpaired) electrons. The normalized spacial score (nSPS) is 13.9. The summed E-state index contributed by atoms with van der Waals surface area (Å²) in [4.78, 5) is 0. The fourth-order valence-electron chi connectivity index (χ4n) is 2.48. The molecule has 1 unspecified atom stereocenters. The molecule has 0 amide bonds. The van der Waals surface area contributed by atoms with E-state index in [1.165, 1.54) is 6.07 Å². The predicted octanol–water partition coefficient (Wildman–Crippen LogP) is 3.65. The fraction of sp³-hybridized carbons (Fsp3) is 0.467. The monoisotopic (exact) mass is 265 g/mol. The van der Waals surface area contributed by atoms with Gasteiger partial charge in [-0.2, -0.15) is 0 Å². The number of ether oxygens (including phenoxy) is 1. The van der Waals surface area contributed by atoms with E-state index in [2.05, 4.69) is 5.32 Å². The smallest absolute Gasteiger partial charge is 0.169 e. The van der Waals surface area contributed by atoms with Crippen molar-refractivity contribution in [3.8, 4) is 0 Å². The van der Waals surface area contributed by atoms with E-state index in [1.54, 1.807) is 6.07 Å². The van der Waals surface area contributed by atoms with Crippen molar-refractivity contribution in [2.75, 3.05) is 13.7 Å². The molecule has 1 aromatic heterocycles. The zero-order valence-corrected chi connectivity index (χ0v) is 11.8. The van der Waals surface area contributed by atoms with Crippen LogP contribution in [0.25, 0.3) is 11.0 Å². The van der Waals surface area contributed by atoms with E-state index in [1.807, 2.05) is 40.0 Å². The van der Waals surface area contributed by atoms with Gasteiger partial charge in [-0.3, -0.25) is 0 Å². The van der Waals surface area contributed by atoms with E-state index in [9.17, 15) is 4.39 Å². The van der Waals surface area contributed by atoms with E-state index in [-0.39, 0.29) is 11.9 Å². The Kier molecular flexibility index (Phi) is 3.92. The van der Waals surface area contributed by atoms with Crippen molar-refractivity contribution in [2.24, 2.45) is 0 Å². The van der Waals surface area contributed by atoms with E-state index in [0.29, 0.717) is 18.0 Å². The van der Waals surface area contributed by atoms with Crippen LogP contribution in [0.3, 0.4) is 0 Å². The molecule has 1 aromatic carbocycles. The molecule has 0 spiro atoms. The number of halogens is 1. The zero-order valence-electron chi connectivity index (χ0n) is 11.8. The van der Waals surface area contributed by atoms with Gasteiger partial charge in [0.1, 0.15) is 5.76 Å². The third-order valence-corrected chi connectivity index (χ3v) is 3.30. The summed E-state index contributed by atoms with van der Waals surface area (Å²) in [5.74, 6) is 0.342. The molecule has 0 aliphatic rings. The van der Waals surface area contributed by atoms with Crippen molar-refractivity contribution < 1.29 is 13.5 Å². The Labute approximate surface area is 112 Å². The van der Waals surface area contributed by atoms with Crippen LogP contribution in [0.1, 0.15) is 32.6 Å². The molecular weight excluding hydrogens is 245 g/mol. The summed E-state index contributed by atoms with van der Waals surface area (Å²) in [6.07, 6.45) is 0. The number of likely N-dealkylation sites (N-methyl/N-ethyl adjacent to an activating group) is 1. The SMILES string of the molecule is CCOC(C)(C)C(NC)c1cc2cccc(F)c2o1. The first-order valence-corrected chi connectivity index (χ1v) is 6.48. The molecule has 0 aliphatic heterocycles. The lowest BCUT2D eigenvalue weighted by atomic mass is 9.96. The molecule has 1 heterocycles. The van der Waals surface area contributed by atoms with E-state index in [4.69, 9.17) is 9.15 Å². The largest absolute Gasteiger partial charge is 0.456 e. The highest BCUT2D eigenvalue weighted by Crippen LogP contribution is 2.33. The minimum atomic E-state index is -0.437. The van der Waals surface area contributed by atoms with Gasteiger partial charge in [-0.05, 0) is 40.0 Å². The molecule has 3 nitrogen and oxygen atoms in total. The molecule has 0 aliphatic carbocycles. The average Bonchev–Trinajstić information content (AvgIpc) is 2.74. The van der Waals surface area contributed by atoms with E-state index >= 15 is 0 Å². The van der Waals surface area contributed by atoms with Crippen LogP contribution in [0.2, 0.25) is 0 Å². The summed E-state index contributed by atoms with van der Waals surface area (Å²) in [5.41, 5.74) is -0.140. The highest BCUT2D eigenvalue weighted by atomic mass is 19.1. The summed E-state index contributed by atoms with van der Waals surface area (Å²) < 4.78 is 25.1. The minimum Gasteiger partial charge on any atom is -0.456 e. The second kappa shape index (κ2) is 5.31. The summed E-state index contributed by atoms with van der Waals surface area (Å²) in [5, 5.41) is 3.95. The van der Waals surface area contributed by atoms with Gasteiger partial charge in [-0.25, -0.2) is 4.39 Å². The Balaban J connectivity index is 2.44. The van der Waals surface area contributed by atoms with Gasteiger partial charge in [0.05, 0.1) is 11.6 Å². The number of hydrogen-bond donors (Lipinski definition) is 1. The second-order valence-corrected chi connectivity index (χ2v) is 5.07. The highest BCUT2D eigenvalue weighted by Gasteiger charge is 2.33. The standard InChI is InChI=1S/C15H20FNO2/c1-5-18-15(2,3)14(17-4)12-9-10-7-6-8-11(16)13(10)19-12/h6-9,14,17H,5H2,1-4H3. The first kappa shape index (κ1) is 14.0. The molecule has 0 saturated heterocycles. The number of furan rings is 1. The highest BCUT2D eigenvalue weighted by molar-refractivity contribution is 5.78. The molecule has 1 atom stereocenters. The van der Waals surface area contributed by atoms with Gasteiger partial charge in [0.25, 0.3) is 0 Å². The summed E-state index contributed by atoms with van der Waals surface area (Å²) in [7, 11) is 1.84. The van der Waals surface area contributed by atoms with E-state index < -0.39 is 5.60 Å². The van der Waals surface area contributed by atoms with Crippen molar-refractivity contribution in [1.29, 1.82) is 0 Å². The molecule has 19 heavy (non-hydrogen) atoms. The lowest BCUT2D eigenvalue weighted by Gasteiger charge is -2.32. The lowest BCUT2D eigenvalue weighted by Crippen LogP contribution is -2.39. The molecular formula is C15H20FNO2. The van der Waals surface area contributed by atoms with E-state index in [0.717, 1.165) is 5.39 Å². The van der Waals surface area contributed by atoms with Gasteiger partial charge < -0.3 is 14.5 Å². The van der Waals surface area contributed by atoms with Crippen LogP contribution in [0.5, 0.6) is 0 Å². The van der Waals surface area contributed by atoms with Crippen LogP contribution < -0.4 is 5.32 Å². The molecule has 104 valence electrons. The third-order valence-electron chi connectivity index (χ3n) is 3.30. The Hall–Kier alpha value is -1.39. The van der Waals surface area contributed by atoms with Gasteiger partial charge in [0, 0.05) is 12.0 Å². The van der Waals surface area contributed by atoms with Gasteiger partial charge in [-0.15, -0.1) is 0 Å². The third kappa shape index (κ3) is 2.65. The topological polar surface area (TPSA) is 34.4 Å². The number of benzene rings is 1. The minimum absolute atomic E-state index is 0.140. The Bertz CT molecular complexity index is 562. The van der Waals surface area contributed by atoms with Crippen LogP contribution in [0.4, 0.5) is 4.39 Å². The molecule has 4 heteroatoms. The van der Waals surface area contributed by atoms with Gasteiger partial charge in [-0.1, -0.05) is 12.1 Å². The maximum Gasteiger partial charge on any atom is 0.169 e. The van der Waals surface area contributed by atoms with Gasteiger partial charge in [0.2, 0.25) is 0 Å². The number of para-hydroxylation sites is 1. The molecule has 0 bridgehead atoms. The van der Waals surface area contributed by atoms with Crippen LogP contribution >= 0.6 is 0 Å². The molecule has 0 fully saturated rings. The Morgan fingerprint density at radius 3 is 2.74 bits per heavy atom. The zero-order chi connectivity index (χ0) is 14.0.